The summed E-state index contributed by atoms with van der Waals surface area (Å²) < 4.78 is 0.975. The van der Waals surface area contributed by atoms with Gasteiger partial charge in [0.15, 0.2) is 0 Å². The molecule has 6 heteroatoms. The molecule has 0 bridgehead atoms. The number of carbonyl (C=O) groups excluding carboxylic acids is 2. The molecule has 0 spiro atoms. The first-order valence-electron chi connectivity index (χ1n) is 9.53. The van der Waals surface area contributed by atoms with Gasteiger partial charge in [0.1, 0.15) is 0 Å². The molecule has 3 rings (SSSR count). The molecule has 0 aromatic heterocycles. The van der Waals surface area contributed by atoms with Gasteiger partial charge in [0, 0.05) is 10.0 Å². The maximum absolute atomic E-state index is 12.6. The zero-order valence-corrected chi connectivity index (χ0v) is 18.1. The van der Waals surface area contributed by atoms with Crippen molar-refractivity contribution in [3.63, 3.8) is 0 Å². The van der Waals surface area contributed by atoms with Crippen molar-refractivity contribution in [1.29, 1.82) is 0 Å². The predicted octanol–water partition coefficient (Wildman–Crippen LogP) is 4.85. The summed E-state index contributed by atoms with van der Waals surface area (Å²) in [5, 5.41) is 7.15. The third-order valence-electron chi connectivity index (χ3n) is 4.54. The van der Waals surface area contributed by atoms with Crippen LogP contribution in [0.5, 0.6) is 0 Å². The number of hydrogen-bond donors (Lipinski definition) is 2. The van der Waals surface area contributed by atoms with Gasteiger partial charge in [-0.25, -0.2) is 5.43 Å². The van der Waals surface area contributed by atoms with E-state index in [1.165, 1.54) is 0 Å². The number of benzene rings is 3. The van der Waals surface area contributed by atoms with Gasteiger partial charge in [-0.15, -0.1) is 0 Å². The van der Waals surface area contributed by atoms with Crippen molar-refractivity contribution in [1.82, 2.24) is 10.7 Å². The van der Waals surface area contributed by atoms with Crippen LogP contribution >= 0.6 is 15.9 Å². The van der Waals surface area contributed by atoms with Crippen molar-refractivity contribution >= 4 is 33.5 Å². The summed E-state index contributed by atoms with van der Waals surface area (Å²) in [7, 11) is 0. The van der Waals surface area contributed by atoms with E-state index in [0.717, 1.165) is 15.6 Å². The normalized spacial score (nSPS) is 12.1. The summed E-state index contributed by atoms with van der Waals surface area (Å²) in [4.78, 5) is 25.2. The highest BCUT2D eigenvalue weighted by molar-refractivity contribution is 9.10. The number of hydrazone groups is 1. The fraction of sp³-hybridized carbons (Fsp3) is 0.125. The highest BCUT2D eigenvalue weighted by Crippen LogP contribution is 2.18. The summed E-state index contributed by atoms with van der Waals surface area (Å²) in [5.74, 6) is -0.513. The van der Waals surface area contributed by atoms with Gasteiger partial charge in [-0.05, 0) is 42.3 Å². The minimum absolute atomic E-state index is 0.0692. The second kappa shape index (κ2) is 10.5. The van der Waals surface area contributed by atoms with E-state index < -0.39 is 6.04 Å². The Morgan fingerprint density at radius 1 is 0.867 bits per heavy atom. The minimum Gasteiger partial charge on any atom is -0.345 e. The Labute approximate surface area is 184 Å². The fourth-order valence-corrected chi connectivity index (χ4v) is 3.17. The van der Waals surface area contributed by atoms with Crippen molar-refractivity contribution in [3.05, 3.63) is 106 Å². The van der Waals surface area contributed by atoms with Crippen molar-refractivity contribution < 1.29 is 9.59 Å². The largest absolute Gasteiger partial charge is 0.345 e. The molecule has 0 fully saturated rings. The van der Waals surface area contributed by atoms with Gasteiger partial charge in [0.2, 0.25) is 5.91 Å². The molecule has 0 radical (unpaired) electrons. The Balaban J connectivity index is 1.69. The fourth-order valence-electron chi connectivity index (χ4n) is 2.90. The number of hydrogen-bond acceptors (Lipinski definition) is 3. The zero-order valence-electron chi connectivity index (χ0n) is 16.5. The van der Waals surface area contributed by atoms with E-state index >= 15 is 0 Å². The monoisotopic (exact) mass is 463 g/mol. The lowest BCUT2D eigenvalue weighted by Crippen LogP contribution is -2.32. The van der Waals surface area contributed by atoms with Crippen LogP contribution in [0.4, 0.5) is 0 Å². The molecule has 0 aliphatic heterocycles. The Morgan fingerprint density at radius 2 is 1.47 bits per heavy atom. The standard InChI is InChI=1S/C24H22BrN3O2/c1-17(18-12-14-21(25)15-13-18)27-28-23(29)16-22(19-8-4-2-5-9-19)26-24(30)20-10-6-3-7-11-20/h2-15,22H,16H2,1H3,(H,26,30)(H,28,29)/b27-17+. The number of nitrogens with one attached hydrogen (secondary N) is 2. The second-order valence-electron chi connectivity index (χ2n) is 6.75. The van der Waals surface area contributed by atoms with Gasteiger partial charge in [0.25, 0.3) is 5.91 Å². The highest BCUT2D eigenvalue weighted by atomic mass is 79.9. The van der Waals surface area contributed by atoms with E-state index in [4.69, 9.17) is 0 Å². The summed E-state index contributed by atoms with van der Waals surface area (Å²) in [6.45, 7) is 1.83. The minimum atomic E-state index is -0.470. The van der Waals surface area contributed by atoms with Gasteiger partial charge in [-0.3, -0.25) is 9.59 Å². The molecule has 30 heavy (non-hydrogen) atoms. The molecule has 0 aliphatic rings. The second-order valence-corrected chi connectivity index (χ2v) is 7.66. The molecular formula is C24H22BrN3O2. The number of rotatable bonds is 7. The zero-order chi connectivity index (χ0) is 21.3. The van der Waals surface area contributed by atoms with E-state index in [9.17, 15) is 9.59 Å². The molecule has 0 saturated heterocycles. The summed E-state index contributed by atoms with van der Waals surface area (Å²) in [5.41, 5.74) is 5.60. The molecule has 0 heterocycles. The van der Waals surface area contributed by atoms with Crippen molar-refractivity contribution in [2.45, 2.75) is 19.4 Å². The first-order chi connectivity index (χ1) is 14.5. The highest BCUT2D eigenvalue weighted by Gasteiger charge is 2.19. The van der Waals surface area contributed by atoms with Crippen LogP contribution in [0.15, 0.2) is 94.5 Å². The first-order valence-corrected chi connectivity index (χ1v) is 10.3. The van der Waals surface area contributed by atoms with Crippen LogP contribution in [0.3, 0.4) is 0 Å². The Morgan fingerprint density at radius 3 is 2.10 bits per heavy atom. The third kappa shape index (κ3) is 6.12. The van der Waals surface area contributed by atoms with Crippen LogP contribution in [0.25, 0.3) is 0 Å². The summed E-state index contributed by atoms with van der Waals surface area (Å²) in [6, 6.07) is 25.6. The molecule has 3 aromatic carbocycles. The lowest BCUT2D eigenvalue weighted by Gasteiger charge is -2.18. The van der Waals surface area contributed by atoms with E-state index in [0.29, 0.717) is 11.3 Å². The predicted molar refractivity (Wildman–Crippen MR) is 122 cm³/mol. The Bertz CT molecular complexity index is 1020. The molecule has 1 atom stereocenters. The average Bonchev–Trinajstić information content (AvgIpc) is 2.78. The van der Waals surface area contributed by atoms with Gasteiger partial charge < -0.3 is 5.32 Å². The van der Waals surface area contributed by atoms with E-state index in [1.54, 1.807) is 24.3 Å². The number of nitrogens with zero attached hydrogens (tertiary/aromatic N) is 1. The summed E-state index contributed by atoms with van der Waals surface area (Å²) in [6.07, 6.45) is 0.0692. The quantitative estimate of drug-likeness (QED) is 0.388. The summed E-state index contributed by atoms with van der Waals surface area (Å²) >= 11 is 3.40. The van der Waals surface area contributed by atoms with Gasteiger partial charge in [0.05, 0.1) is 18.2 Å². The Kier molecular flexibility index (Phi) is 7.51. The van der Waals surface area contributed by atoms with Gasteiger partial charge in [-0.2, -0.15) is 5.10 Å². The molecular weight excluding hydrogens is 442 g/mol. The van der Waals surface area contributed by atoms with Gasteiger partial charge >= 0.3 is 0 Å². The van der Waals surface area contributed by atoms with Crippen molar-refractivity contribution in [3.8, 4) is 0 Å². The molecule has 2 N–H and O–H groups in total. The van der Waals surface area contributed by atoms with Crippen LogP contribution in [-0.4, -0.2) is 17.5 Å². The van der Waals surface area contributed by atoms with Crippen LogP contribution in [0, 0.1) is 0 Å². The molecule has 152 valence electrons. The third-order valence-corrected chi connectivity index (χ3v) is 5.07. The number of halogens is 1. The van der Waals surface area contributed by atoms with Gasteiger partial charge in [-0.1, -0.05) is 76.6 Å². The topological polar surface area (TPSA) is 70.6 Å². The SMILES string of the molecule is C/C(=N\NC(=O)CC(NC(=O)c1ccccc1)c1ccccc1)c1ccc(Br)cc1. The van der Waals surface area contributed by atoms with Crippen molar-refractivity contribution in [2.75, 3.05) is 0 Å². The molecule has 1 unspecified atom stereocenters. The van der Waals surface area contributed by atoms with Crippen LogP contribution in [0.2, 0.25) is 0 Å². The maximum Gasteiger partial charge on any atom is 0.251 e. The molecule has 2 amide bonds. The van der Waals surface area contributed by atoms with Crippen LogP contribution in [0.1, 0.15) is 40.9 Å². The Hall–Kier alpha value is -3.25. The molecule has 0 saturated carbocycles. The van der Waals surface area contributed by atoms with Crippen molar-refractivity contribution in [2.24, 2.45) is 5.10 Å². The van der Waals surface area contributed by atoms with Crippen LogP contribution in [-0.2, 0) is 4.79 Å². The average molecular weight is 464 g/mol. The van der Waals surface area contributed by atoms with E-state index in [-0.39, 0.29) is 18.2 Å². The lowest BCUT2D eigenvalue weighted by molar-refractivity contribution is -0.121. The lowest BCUT2D eigenvalue weighted by atomic mass is 10.0. The number of amides is 2. The molecule has 3 aromatic rings. The van der Waals surface area contributed by atoms with E-state index in [2.05, 4.69) is 31.8 Å². The number of carbonyl (C=O) groups is 2. The smallest absolute Gasteiger partial charge is 0.251 e. The maximum atomic E-state index is 12.6. The van der Waals surface area contributed by atoms with Crippen LogP contribution < -0.4 is 10.7 Å². The first kappa shape index (κ1) is 21.5. The molecule has 5 nitrogen and oxygen atoms in total. The molecule has 0 aliphatic carbocycles. The van der Waals surface area contributed by atoms with E-state index in [1.807, 2.05) is 67.6 Å².